The maximum atomic E-state index is 12.2. The van der Waals surface area contributed by atoms with Gasteiger partial charge in [0.2, 0.25) is 5.91 Å². The third kappa shape index (κ3) is 4.06. The standard InChI is InChI=1S/C19H19ClN2O3/c1-11(2)19(23)21-18-12(3)9-14(22(24)25)10-16(18)13(4)15-7-5-6-8-17(15)20/h5-11H,4H2,1-3H3,(H,21,23). The molecule has 1 amide bonds. The van der Waals surface area contributed by atoms with Gasteiger partial charge in [-0.25, -0.2) is 0 Å². The molecule has 0 aliphatic rings. The van der Waals surface area contributed by atoms with Crippen LogP contribution in [-0.2, 0) is 4.79 Å². The fourth-order valence-corrected chi connectivity index (χ4v) is 2.65. The van der Waals surface area contributed by atoms with E-state index in [1.165, 1.54) is 12.1 Å². The highest BCUT2D eigenvalue weighted by atomic mass is 35.5. The van der Waals surface area contributed by atoms with Crippen molar-refractivity contribution in [3.05, 3.63) is 74.8 Å². The number of aryl methyl sites for hydroxylation is 1. The number of nitrogens with one attached hydrogen (secondary N) is 1. The molecule has 130 valence electrons. The highest BCUT2D eigenvalue weighted by Crippen LogP contribution is 2.36. The molecule has 0 radical (unpaired) electrons. The molecule has 1 N–H and O–H groups in total. The number of hydrogen-bond donors (Lipinski definition) is 1. The minimum absolute atomic E-state index is 0.0664. The molecule has 2 aromatic carbocycles. The second kappa shape index (κ2) is 7.49. The molecule has 2 rings (SSSR count). The predicted molar refractivity (Wildman–Crippen MR) is 101 cm³/mol. The summed E-state index contributed by atoms with van der Waals surface area (Å²) in [5.74, 6) is -0.402. The lowest BCUT2D eigenvalue weighted by molar-refractivity contribution is -0.384. The van der Waals surface area contributed by atoms with Gasteiger partial charge in [0.1, 0.15) is 0 Å². The van der Waals surface area contributed by atoms with Gasteiger partial charge in [-0.1, -0.05) is 50.2 Å². The number of nitro groups is 1. The van der Waals surface area contributed by atoms with E-state index < -0.39 is 4.92 Å². The van der Waals surface area contributed by atoms with E-state index in [2.05, 4.69) is 11.9 Å². The Bertz CT molecular complexity index is 860. The van der Waals surface area contributed by atoms with Gasteiger partial charge < -0.3 is 5.32 Å². The van der Waals surface area contributed by atoms with Crippen molar-refractivity contribution in [2.45, 2.75) is 20.8 Å². The number of nitrogens with zero attached hydrogens (tertiary/aromatic N) is 1. The van der Waals surface area contributed by atoms with Crippen molar-refractivity contribution >= 4 is 34.5 Å². The second-order valence-electron chi connectivity index (χ2n) is 6.04. The third-order valence-corrected chi connectivity index (χ3v) is 4.16. The molecule has 0 heterocycles. The number of rotatable bonds is 5. The molecule has 0 aliphatic carbocycles. The van der Waals surface area contributed by atoms with Crippen LogP contribution in [0.15, 0.2) is 43.0 Å². The number of non-ortho nitro benzene ring substituents is 1. The van der Waals surface area contributed by atoms with Crippen molar-refractivity contribution in [2.75, 3.05) is 5.32 Å². The molecule has 0 saturated carbocycles. The van der Waals surface area contributed by atoms with E-state index in [1.807, 2.05) is 6.07 Å². The van der Waals surface area contributed by atoms with Gasteiger partial charge in [-0.3, -0.25) is 14.9 Å². The summed E-state index contributed by atoms with van der Waals surface area (Å²) in [4.78, 5) is 22.9. The first-order valence-corrected chi connectivity index (χ1v) is 8.14. The Kier molecular flexibility index (Phi) is 5.59. The molecule has 5 nitrogen and oxygen atoms in total. The van der Waals surface area contributed by atoms with Crippen molar-refractivity contribution in [2.24, 2.45) is 5.92 Å². The molecule has 0 aromatic heterocycles. The molecule has 0 bridgehead atoms. The normalized spacial score (nSPS) is 10.6. The summed E-state index contributed by atoms with van der Waals surface area (Å²) in [5.41, 5.74) is 2.68. The number of carbonyl (C=O) groups excluding carboxylic acids is 1. The average molecular weight is 359 g/mol. The van der Waals surface area contributed by atoms with Gasteiger partial charge >= 0.3 is 0 Å². The largest absolute Gasteiger partial charge is 0.325 e. The van der Waals surface area contributed by atoms with Gasteiger partial charge in [0.25, 0.3) is 5.69 Å². The topological polar surface area (TPSA) is 72.2 Å². The first-order valence-electron chi connectivity index (χ1n) is 7.76. The van der Waals surface area contributed by atoms with E-state index >= 15 is 0 Å². The number of nitro benzene ring substituents is 1. The van der Waals surface area contributed by atoms with Gasteiger partial charge in [0.15, 0.2) is 0 Å². The lowest BCUT2D eigenvalue weighted by Gasteiger charge is -2.17. The van der Waals surface area contributed by atoms with Gasteiger partial charge in [0.05, 0.1) is 10.6 Å². The maximum Gasteiger partial charge on any atom is 0.270 e. The second-order valence-corrected chi connectivity index (χ2v) is 6.45. The zero-order valence-corrected chi connectivity index (χ0v) is 15.1. The van der Waals surface area contributed by atoms with Gasteiger partial charge in [-0.05, 0) is 24.1 Å². The number of hydrogen-bond acceptors (Lipinski definition) is 3. The molecule has 0 unspecified atom stereocenters. The molecule has 0 fully saturated rings. The monoisotopic (exact) mass is 358 g/mol. The molecular weight excluding hydrogens is 340 g/mol. The Morgan fingerprint density at radius 1 is 1.24 bits per heavy atom. The van der Waals surface area contributed by atoms with Crippen LogP contribution in [0.5, 0.6) is 0 Å². The Hall–Kier alpha value is -2.66. The van der Waals surface area contributed by atoms with Crippen molar-refractivity contribution in [3.63, 3.8) is 0 Å². The van der Waals surface area contributed by atoms with Crippen LogP contribution in [0.1, 0.15) is 30.5 Å². The highest BCUT2D eigenvalue weighted by molar-refractivity contribution is 6.32. The van der Waals surface area contributed by atoms with Crippen molar-refractivity contribution in [1.29, 1.82) is 0 Å². The minimum atomic E-state index is -0.468. The fourth-order valence-electron chi connectivity index (χ4n) is 2.40. The van der Waals surface area contributed by atoms with Crippen molar-refractivity contribution in [3.8, 4) is 0 Å². The Labute approximate surface area is 151 Å². The summed E-state index contributed by atoms with van der Waals surface area (Å²) in [6.45, 7) is 9.32. The van der Waals surface area contributed by atoms with Crippen LogP contribution in [0.2, 0.25) is 5.02 Å². The van der Waals surface area contributed by atoms with Gasteiger partial charge in [-0.15, -0.1) is 0 Å². The number of carbonyl (C=O) groups is 1. The summed E-state index contributed by atoms with van der Waals surface area (Å²) < 4.78 is 0. The van der Waals surface area contributed by atoms with E-state index in [-0.39, 0.29) is 17.5 Å². The fraction of sp³-hybridized carbons (Fsp3) is 0.211. The molecular formula is C19H19ClN2O3. The minimum Gasteiger partial charge on any atom is -0.325 e. The van der Waals surface area contributed by atoms with Crippen molar-refractivity contribution < 1.29 is 9.72 Å². The number of anilines is 1. The number of halogens is 1. The van der Waals surface area contributed by atoms with Crippen LogP contribution in [0.25, 0.3) is 5.57 Å². The Morgan fingerprint density at radius 2 is 1.88 bits per heavy atom. The highest BCUT2D eigenvalue weighted by Gasteiger charge is 2.20. The van der Waals surface area contributed by atoms with E-state index in [0.29, 0.717) is 33.0 Å². The van der Waals surface area contributed by atoms with E-state index in [9.17, 15) is 14.9 Å². The smallest absolute Gasteiger partial charge is 0.270 e. The Balaban J connectivity index is 2.64. The van der Waals surface area contributed by atoms with Crippen molar-refractivity contribution in [1.82, 2.24) is 0 Å². The van der Waals surface area contributed by atoms with Gasteiger partial charge in [-0.2, -0.15) is 0 Å². The molecule has 0 saturated heterocycles. The quantitative estimate of drug-likeness (QED) is 0.588. The Morgan fingerprint density at radius 3 is 2.44 bits per heavy atom. The summed E-state index contributed by atoms with van der Waals surface area (Å²) in [6.07, 6.45) is 0. The van der Waals surface area contributed by atoms with E-state index in [4.69, 9.17) is 11.6 Å². The van der Waals surface area contributed by atoms with Crippen LogP contribution in [0.3, 0.4) is 0 Å². The number of amides is 1. The third-order valence-electron chi connectivity index (χ3n) is 3.83. The summed E-state index contributed by atoms with van der Waals surface area (Å²) >= 11 is 6.24. The van der Waals surface area contributed by atoms with Crippen LogP contribution >= 0.6 is 11.6 Å². The van der Waals surface area contributed by atoms with E-state index in [1.54, 1.807) is 39.0 Å². The number of benzene rings is 2. The zero-order chi connectivity index (χ0) is 18.7. The molecule has 0 atom stereocenters. The molecule has 6 heteroatoms. The molecule has 0 spiro atoms. The zero-order valence-electron chi connectivity index (χ0n) is 14.3. The van der Waals surface area contributed by atoms with E-state index in [0.717, 1.165) is 0 Å². The van der Waals surface area contributed by atoms with Gasteiger partial charge in [0, 0.05) is 34.2 Å². The maximum absolute atomic E-state index is 12.2. The first kappa shape index (κ1) is 18.7. The lowest BCUT2D eigenvalue weighted by atomic mass is 9.95. The molecule has 2 aromatic rings. The van der Waals surface area contributed by atoms with Crippen LogP contribution in [0, 0.1) is 23.0 Å². The van der Waals surface area contributed by atoms with Crippen LogP contribution in [0.4, 0.5) is 11.4 Å². The summed E-state index contributed by atoms with van der Waals surface area (Å²) in [7, 11) is 0. The predicted octanol–water partition coefficient (Wildman–Crippen LogP) is 5.21. The average Bonchev–Trinajstić information content (AvgIpc) is 2.55. The van der Waals surface area contributed by atoms with Crippen LogP contribution in [-0.4, -0.2) is 10.8 Å². The van der Waals surface area contributed by atoms with Crippen LogP contribution < -0.4 is 5.32 Å². The first-order chi connectivity index (χ1) is 11.7. The lowest BCUT2D eigenvalue weighted by Crippen LogP contribution is -2.19. The molecule has 0 aliphatic heterocycles. The summed E-state index contributed by atoms with van der Waals surface area (Å²) in [6, 6.07) is 9.95. The SMILES string of the molecule is C=C(c1ccccc1Cl)c1cc([N+](=O)[O-])cc(C)c1NC(=O)C(C)C. The molecule has 25 heavy (non-hydrogen) atoms. The summed E-state index contributed by atoms with van der Waals surface area (Å²) in [5, 5.41) is 14.6.